The van der Waals surface area contributed by atoms with E-state index in [9.17, 15) is 5.11 Å². The van der Waals surface area contributed by atoms with Gasteiger partial charge in [0.15, 0.2) is 0 Å². The summed E-state index contributed by atoms with van der Waals surface area (Å²) < 4.78 is 0. The fourth-order valence-corrected chi connectivity index (χ4v) is 3.23. The van der Waals surface area contributed by atoms with Crippen LogP contribution in [0.25, 0.3) is 0 Å². The molecule has 2 aliphatic carbocycles. The van der Waals surface area contributed by atoms with Crippen LogP contribution >= 0.6 is 0 Å². The second-order valence-electron chi connectivity index (χ2n) is 5.09. The molecule has 1 N–H and O–H groups in total. The highest BCUT2D eigenvalue weighted by Gasteiger charge is 2.40. The Hall–Kier alpha value is -0.820. The molecule has 1 saturated carbocycles. The van der Waals surface area contributed by atoms with Crippen molar-refractivity contribution < 1.29 is 5.11 Å². The maximum absolute atomic E-state index is 9.62. The van der Waals surface area contributed by atoms with Gasteiger partial charge >= 0.3 is 0 Å². The number of fused-ring (bicyclic) bond motifs is 1. The minimum absolute atomic E-state index is 0.135. The highest BCUT2D eigenvalue weighted by atomic mass is 16.3. The normalized spacial score (nSPS) is 22.2. The van der Waals surface area contributed by atoms with Crippen molar-refractivity contribution in [3.05, 3.63) is 34.9 Å². The van der Waals surface area contributed by atoms with Crippen LogP contribution in [0.5, 0.6) is 0 Å². The molecule has 0 radical (unpaired) electrons. The fourth-order valence-electron chi connectivity index (χ4n) is 3.23. The Labute approximate surface area is 91.1 Å². The third-order valence-electron chi connectivity index (χ3n) is 4.33. The van der Waals surface area contributed by atoms with Gasteiger partial charge in [-0.3, -0.25) is 0 Å². The lowest BCUT2D eigenvalue weighted by Crippen LogP contribution is -2.38. The SMILES string of the molecule is OCC1(c2cccc3c2CCC3)CCC1. The minimum Gasteiger partial charge on any atom is -0.395 e. The maximum atomic E-state index is 9.62. The summed E-state index contributed by atoms with van der Waals surface area (Å²) in [4.78, 5) is 0. The van der Waals surface area contributed by atoms with Gasteiger partial charge in [-0.15, -0.1) is 0 Å². The van der Waals surface area contributed by atoms with E-state index < -0.39 is 0 Å². The number of hydrogen-bond donors (Lipinski definition) is 1. The molecule has 3 rings (SSSR count). The summed E-state index contributed by atoms with van der Waals surface area (Å²) >= 11 is 0. The molecule has 0 saturated heterocycles. The van der Waals surface area contributed by atoms with E-state index in [1.807, 2.05) is 0 Å². The van der Waals surface area contributed by atoms with Crippen LogP contribution in [0.3, 0.4) is 0 Å². The predicted molar refractivity (Wildman–Crippen MR) is 61.1 cm³/mol. The van der Waals surface area contributed by atoms with E-state index in [0.717, 1.165) is 0 Å². The first-order valence-electron chi connectivity index (χ1n) is 6.08. The zero-order valence-corrected chi connectivity index (χ0v) is 9.13. The smallest absolute Gasteiger partial charge is 0.0528 e. The van der Waals surface area contributed by atoms with Crippen LogP contribution in [0.2, 0.25) is 0 Å². The van der Waals surface area contributed by atoms with E-state index >= 15 is 0 Å². The van der Waals surface area contributed by atoms with Crippen LogP contribution in [-0.4, -0.2) is 11.7 Å². The summed E-state index contributed by atoms with van der Waals surface area (Å²) in [7, 11) is 0. The van der Waals surface area contributed by atoms with Gasteiger partial charge in [-0.25, -0.2) is 0 Å². The molecule has 0 spiro atoms. The zero-order chi connectivity index (χ0) is 10.3. The topological polar surface area (TPSA) is 20.2 Å². The molecule has 1 fully saturated rings. The van der Waals surface area contributed by atoms with E-state index in [1.54, 1.807) is 5.56 Å². The highest BCUT2D eigenvalue weighted by molar-refractivity contribution is 5.44. The van der Waals surface area contributed by atoms with Crippen LogP contribution in [0, 0.1) is 0 Å². The van der Waals surface area contributed by atoms with Crippen LogP contribution in [-0.2, 0) is 18.3 Å². The second-order valence-corrected chi connectivity index (χ2v) is 5.09. The van der Waals surface area contributed by atoms with Gasteiger partial charge in [0.2, 0.25) is 0 Å². The van der Waals surface area contributed by atoms with Crippen molar-refractivity contribution >= 4 is 0 Å². The number of aliphatic hydroxyl groups is 1. The monoisotopic (exact) mass is 202 g/mol. The average Bonchev–Trinajstić information content (AvgIpc) is 2.65. The standard InChI is InChI=1S/C14H18O/c15-10-14(8-3-9-14)13-7-2-5-11-4-1-6-12(11)13/h2,5,7,15H,1,3-4,6,8-10H2. The number of aryl methyl sites for hydroxylation is 1. The molecule has 1 aromatic rings. The van der Waals surface area contributed by atoms with Crippen molar-refractivity contribution in [2.45, 2.75) is 43.9 Å². The second kappa shape index (κ2) is 3.34. The number of hydrogen-bond acceptors (Lipinski definition) is 1. The Bertz CT molecular complexity index is 371. The summed E-state index contributed by atoms with van der Waals surface area (Å²) in [6.45, 7) is 0.337. The quantitative estimate of drug-likeness (QED) is 0.781. The molecule has 2 aliphatic rings. The van der Waals surface area contributed by atoms with Crippen molar-refractivity contribution in [2.24, 2.45) is 0 Å². The average molecular weight is 202 g/mol. The van der Waals surface area contributed by atoms with Crippen LogP contribution in [0.15, 0.2) is 18.2 Å². The van der Waals surface area contributed by atoms with Crippen molar-refractivity contribution in [1.82, 2.24) is 0 Å². The lowest BCUT2D eigenvalue weighted by Gasteiger charge is -2.42. The first-order chi connectivity index (χ1) is 7.36. The van der Waals surface area contributed by atoms with Gasteiger partial charge < -0.3 is 5.11 Å². The molecule has 0 aliphatic heterocycles. The highest BCUT2D eigenvalue weighted by Crippen LogP contribution is 2.46. The summed E-state index contributed by atoms with van der Waals surface area (Å²) in [5.74, 6) is 0. The molecule has 0 heterocycles. The Morgan fingerprint density at radius 3 is 2.67 bits per heavy atom. The fraction of sp³-hybridized carbons (Fsp3) is 0.571. The molecule has 1 heteroatoms. The molecule has 15 heavy (non-hydrogen) atoms. The van der Waals surface area contributed by atoms with Crippen LogP contribution < -0.4 is 0 Å². The molecule has 0 amide bonds. The number of benzene rings is 1. The number of rotatable bonds is 2. The van der Waals surface area contributed by atoms with Gasteiger partial charge in [0.05, 0.1) is 6.61 Å². The molecule has 1 nitrogen and oxygen atoms in total. The third kappa shape index (κ3) is 1.26. The summed E-state index contributed by atoms with van der Waals surface area (Å²) in [5.41, 5.74) is 4.69. The van der Waals surface area contributed by atoms with Crippen molar-refractivity contribution in [1.29, 1.82) is 0 Å². The lowest BCUT2D eigenvalue weighted by molar-refractivity contribution is 0.119. The molecular formula is C14H18O. The van der Waals surface area contributed by atoms with Gasteiger partial charge in [-0.05, 0) is 48.8 Å². The van der Waals surface area contributed by atoms with Gasteiger partial charge in [0, 0.05) is 5.41 Å². The molecular weight excluding hydrogens is 184 g/mol. The van der Waals surface area contributed by atoms with Crippen LogP contribution in [0.1, 0.15) is 42.4 Å². The van der Waals surface area contributed by atoms with E-state index in [4.69, 9.17) is 0 Å². The van der Waals surface area contributed by atoms with Crippen molar-refractivity contribution in [3.63, 3.8) is 0 Å². The third-order valence-corrected chi connectivity index (χ3v) is 4.33. The Morgan fingerprint density at radius 1 is 1.13 bits per heavy atom. The summed E-state index contributed by atoms with van der Waals surface area (Å²) in [6.07, 6.45) is 7.41. The molecule has 0 bridgehead atoms. The Balaban J connectivity index is 2.08. The van der Waals surface area contributed by atoms with E-state index in [2.05, 4.69) is 18.2 Å². The molecule has 0 aromatic heterocycles. The first-order valence-corrected chi connectivity index (χ1v) is 6.08. The van der Waals surface area contributed by atoms with E-state index in [1.165, 1.54) is 49.7 Å². The Kier molecular flexibility index (Phi) is 2.10. The minimum atomic E-state index is 0.135. The largest absolute Gasteiger partial charge is 0.395 e. The number of aliphatic hydroxyl groups excluding tert-OH is 1. The van der Waals surface area contributed by atoms with E-state index in [0.29, 0.717) is 6.61 Å². The van der Waals surface area contributed by atoms with Gasteiger partial charge in [-0.2, -0.15) is 0 Å². The zero-order valence-electron chi connectivity index (χ0n) is 9.13. The summed E-state index contributed by atoms with van der Waals surface area (Å²) in [6, 6.07) is 6.68. The molecule has 1 aromatic carbocycles. The summed E-state index contributed by atoms with van der Waals surface area (Å²) in [5, 5.41) is 9.62. The van der Waals surface area contributed by atoms with Crippen molar-refractivity contribution in [3.8, 4) is 0 Å². The van der Waals surface area contributed by atoms with Crippen molar-refractivity contribution in [2.75, 3.05) is 6.61 Å². The Morgan fingerprint density at radius 2 is 2.00 bits per heavy atom. The van der Waals surface area contributed by atoms with Gasteiger partial charge in [0.1, 0.15) is 0 Å². The molecule has 0 atom stereocenters. The first kappa shape index (κ1) is 9.41. The molecule has 80 valence electrons. The molecule has 0 unspecified atom stereocenters. The van der Waals surface area contributed by atoms with Crippen LogP contribution in [0.4, 0.5) is 0 Å². The van der Waals surface area contributed by atoms with Gasteiger partial charge in [0.25, 0.3) is 0 Å². The van der Waals surface area contributed by atoms with E-state index in [-0.39, 0.29) is 5.41 Å². The lowest BCUT2D eigenvalue weighted by atomic mass is 9.63. The predicted octanol–water partition coefficient (Wildman–Crippen LogP) is 2.59. The maximum Gasteiger partial charge on any atom is 0.0528 e. The van der Waals surface area contributed by atoms with Gasteiger partial charge in [-0.1, -0.05) is 24.6 Å².